The highest BCUT2D eigenvalue weighted by Gasteiger charge is 2.25. The standard InChI is InChI=1S/C33H37N3O3/c1-2-3-18-36-29(32(26-11-6-4-7-12-26)34-33(36)27-13-8-5-9-14-27)23-35(22-28-15-10-19-37-28)21-25-16-17-30-31(20-25)39-24-38-30/h4-9,11-14,16-17,20,28H,2-3,10,15,18-19,21-24H2,1H3. The highest BCUT2D eigenvalue weighted by molar-refractivity contribution is 5.68. The molecular weight excluding hydrogens is 486 g/mol. The van der Waals surface area contributed by atoms with Gasteiger partial charge in [-0.2, -0.15) is 0 Å². The number of rotatable bonds is 11. The number of fused-ring (bicyclic) bond motifs is 1. The quantitative estimate of drug-likeness (QED) is 0.213. The zero-order valence-electron chi connectivity index (χ0n) is 22.7. The summed E-state index contributed by atoms with van der Waals surface area (Å²) in [6.45, 7) is 6.78. The number of aromatic nitrogens is 2. The van der Waals surface area contributed by atoms with E-state index in [1.807, 2.05) is 6.07 Å². The van der Waals surface area contributed by atoms with Gasteiger partial charge in [-0.15, -0.1) is 0 Å². The number of imidazole rings is 1. The Morgan fingerprint density at radius 2 is 1.67 bits per heavy atom. The molecule has 202 valence electrons. The number of nitrogens with zero attached hydrogens (tertiary/aromatic N) is 3. The lowest BCUT2D eigenvalue weighted by Crippen LogP contribution is -2.32. The number of unbranched alkanes of at least 4 members (excludes halogenated alkanes) is 1. The molecule has 1 saturated heterocycles. The van der Waals surface area contributed by atoms with E-state index in [4.69, 9.17) is 19.2 Å². The molecule has 39 heavy (non-hydrogen) atoms. The van der Waals surface area contributed by atoms with Crippen molar-refractivity contribution in [2.24, 2.45) is 0 Å². The summed E-state index contributed by atoms with van der Waals surface area (Å²) >= 11 is 0. The van der Waals surface area contributed by atoms with Gasteiger partial charge in [0.25, 0.3) is 0 Å². The second-order valence-corrected chi connectivity index (χ2v) is 10.5. The summed E-state index contributed by atoms with van der Waals surface area (Å²) < 4.78 is 19.8. The minimum absolute atomic E-state index is 0.250. The molecular formula is C33H37N3O3. The third kappa shape index (κ3) is 5.87. The van der Waals surface area contributed by atoms with Crippen LogP contribution in [-0.4, -0.2) is 40.5 Å². The molecule has 6 heteroatoms. The molecule has 3 heterocycles. The van der Waals surface area contributed by atoms with Crippen molar-refractivity contribution in [1.82, 2.24) is 14.5 Å². The smallest absolute Gasteiger partial charge is 0.231 e. The van der Waals surface area contributed by atoms with Crippen molar-refractivity contribution < 1.29 is 14.2 Å². The summed E-state index contributed by atoms with van der Waals surface area (Å²) in [6, 6.07) is 27.5. The largest absolute Gasteiger partial charge is 0.454 e. The molecule has 1 fully saturated rings. The van der Waals surface area contributed by atoms with Crippen molar-refractivity contribution in [2.45, 2.75) is 58.3 Å². The molecule has 4 aromatic rings. The monoisotopic (exact) mass is 523 g/mol. The number of ether oxygens (including phenoxy) is 3. The van der Waals surface area contributed by atoms with Gasteiger partial charge in [-0.1, -0.05) is 80.1 Å². The third-order valence-corrected chi connectivity index (χ3v) is 7.59. The summed E-state index contributed by atoms with van der Waals surface area (Å²) in [5, 5.41) is 0. The first-order valence-corrected chi connectivity index (χ1v) is 14.2. The molecule has 0 spiro atoms. The Bertz CT molecular complexity index is 1360. The Balaban J connectivity index is 1.40. The van der Waals surface area contributed by atoms with Crippen LogP contribution in [0, 0.1) is 0 Å². The van der Waals surface area contributed by atoms with Crippen LogP contribution in [0.3, 0.4) is 0 Å². The molecule has 0 N–H and O–H groups in total. The molecule has 1 unspecified atom stereocenters. The molecule has 2 aliphatic heterocycles. The second kappa shape index (κ2) is 12.1. The zero-order valence-corrected chi connectivity index (χ0v) is 22.7. The number of hydrogen-bond donors (Lipinski definition) is 0. The van der Waals surface area contributed by atoms with Crippen LogP contribution in [0.15, 0.2) is 78.9 Å². The van der Waals surface area contributed by atoms with E-state index in [-0.39, 0.29) is 12.9 Å². The van der Waals surface area contributed by atoms with Gasteiger partial charge in [-0.3, -0.25) is 4.90 Å². The first kappa shape index (κ1) is 25.7. The predicted octanol–water partition coefficient (Wildman–Crippen LogP) is 6.93. The lowest BCUT2D eigenvalue weighted by molar-refractivity contribution is 0.0671. The second-order valence-electron chi connectivity index (χ2n) is 10.5. The number of hydrogen-bond acceptors (Lipinski definition) is 5. The molecule has 6 rings (SSSR count). The van der Waals surface area contributed by atoms with Crippen molar-refractivity contribution >= 4 is 0 Å². The van der Waals surface area contributed by atoms with Crippen LogP contribution in [0.5, 0.6) is 11.5 Å². The first-order valence-electron chi connectivity index (χ1n) is 14.2. The average Bonchev–Trinajstić information content (AvgIpc) is 3.73. The third-order valence-electron chi connectivity index (χ3n) is 7.59. The zero-order chi connectivity index (χ0) is 26.4. The van der Waals surface area contributed by atoms with Crippen molar-refractivity contribution in [2.75, 3.05) is 19.9 Å². The lowest BCUT2D eigenvalue weighted by atomic mass is 10.1. The van der Waals surface area contributed by atoms with Gasteiger partial charge in [0.1, 0.15) is 5.82 Å². The van der Waals surface area contributed by atoms with Crippen LogP contribution in [0.25, 0.3) is 22.6 Å². The molecule has 0 bridgehead atoms. The Morgan fingerprint density at radius 1 is 0.897 bits per heavy atom. The van der Waals surface area contributed by atoms with E-state index < -0.39 is 0 Å². The van der Waals surface area contributed by atoms with Crippen molar-refractivity contribution in [3.8, 4) is 34.1 Å². The topological polar surface area (TPSA) is 48.8 Å². The average molecular weight is 524 g/mol. The maximum absolute atomic E-state index is 6.11. The molecule has 1 atom stereocenters. The summed E-state index contributed by atoms with van der Waals surface area (Å²) in [6.07, 6.45) is 4.71. The van der Waals surface area contributed by atoms with Gasteiger partial charge >= 0.3 is 0 Å². The Labute approximate surface area is 231 Å². The van der Waals surface area contributed by atoms with Gasteiger partial charge in [0.15, 0.2) is 11.5 Å². The summed E-state index contributed by atoms with van der Waals surface area (Å²) in [4.78, 5) is 7.83. The van der Waals surface area contributed by atoms with Crippen LogP contribution in [0.1, 0.15) is 43.9 Å². The van der Waals surface area contributed by atoms with Gasteiger partial charge < -0.3 is 18.8 Å². The Morgan fingerprint density at radius 3 is 2.41 bits per heavy atom. The molecule has 2 aliphatic rings. The minimum atomic E-state index is 0.250. The molecule has 0 saturated carbocycles. The Hall–Kier alpha value is -3.61. The Kier molecular flexibility index (Phi) is 7.93. The highest BCUT2D eigenvalue weighted by atomic mass is 16.7. The maximum atomic E-state index is 6.11. The molecule has 3 aromatic carbocycles. The fourth-order valence-corrected chi connectivity index (χ4v) is 5.61. The van der Waals surface area contributed by atoms with E-state index in [0.717, 1.165) is 92.6 Å². The summed E-state index contributed by atoms with van der Waals surface area (Å²) in [5.41, 5.74) is 5.83. The van der Waals surface area contributed by atoms with Crippen molar-refractivity contribution in [1.29, 1.82) is 0 Å². The lowest BCUT2D eigenvalue weighted by Gasteiger charge is -2.27. The van der Waals surface area contributed by atoms with Gasteiger partial charge in [-0.05, 0) is 37.0 Å². The van der Waals surface area contributed by atoms with E-state index in [9.17, 15) is 0 Å². The molecule has 6 nitrogen and oxygen atoms in total. The fourth-order valence-electron chi connectivity index (χ4n) is 5.61. The van der Waals surface area contributed by atoms with E-state index in [1.165, 1.54) is 11.3 Å². The fraction of sp³-hybridized carbons (Fsp3) is 0.364. The summed E-state index contributed by atoms with van der Waals surface area (Å²) in [7, 11) is 0. The van der Waals surface area contributed by atoms with Crippen LogP contribution in [0.4, 0.5) is 0 Å². The SMILES string of the molecule is CCCCn1c(-c2ccccc2)nc(-c2ccccc2)c1CN(Cc1ccc2c(c1)OCO2)CC1CCCO1. The molecule has 0 aliphatic carbocycles. The van der Waals surface area contributed by atoms with Gasteiger partial charge in [0, 0.05) is 43.9 Å². The number of benzene rings is 3. The molecule has 0 amide bonds. The van der Waals surface area contributed by atoms with Gasteiger partial charge in [0.2, 0.25) is 6.79 Å². The van der Waals surface area contributed by atoms with Crippen LogP contribution < -0.4 is 9.47 Å². The van der Waals surface area contributed by atoms with Crippen molar-refractivity contribution in [3.05, 3.63) is 90.1 Å². The molecule has 1 aromatic heterocycles. The van der Waals surface area contributed by atoms with Crippen LogP contribution >= 0.6 is 0 Å². The van der Waals surface area contributed by atoms with Crippen LogP contribution in [-0.2, 0) is 24.4 Å². The van der Waals surface area contributed by atoms with Gasteiger partial charge in [0.05, 0.1) is 17.5 Å². The van der Waals surface area contributed by atoms with Crippen molar-refractivity contribution in [3.63, 3.8) is 0 Å². The predicted molar refractivity (Wildman–Crippen MR) is 154 cm³/mol. The summed E-state index contributed by atoms with van der Waals surface area (Å²) in [5.74, 6) is 2.69. The molecule has 0 radical (unpaired) electrons. The van der Waals surface area contributed by atoms with E-state index in [0.29, 0.717) is 0 Å². The van der Waals surface area contributed by atoms with E-state index in [1.54, 1.807) is 0 Å². The van der Waals surface area contributed by atoms with E-state index in [2.05, 4.69) is 89.2 Å². The van der Waals surface area contributed by atoms with Gasteiger partial charge in [-0.25, -0.2) is 4.98 Å². The normalized spacial score (nSPS) is 16.3. The van der Waals surface area contributed by atoms with Crippen LogP contribution in [0.2, 0.25) is 0 Å². The van der Waals surface area contributed by atoms with E-state index >= 15 is 0 Å². The first-order chi connectivity index (χ1) is 19.3. The highest BCUT2D eigenvalue weighted by Crippen LogP contribution is 2.34. The maximum Gasteiger partial charge on any atom is 0.231 e. The minimum Gasteiger partial charge on any atom is -0.454 e.